The van der Waals surface area contributed by atoms with Gasteiger partial charge in [-0.25, -0.2) is 4.79 Å². The van der Waals surface area contributed by atoms with E-state index < -0.39 is 22.1 Å². The molecule has 36 heavy (non-hydrogen) atoms. The summed E-state index contributed by atoms with van der Waals surface area (Å²) in [4.78, 5) is 53.2. The molecule has 0 unspecified atom stereocenters. The Hall–Kier alpha value is -4.67. The first-order valence-electron chi connectivity index (χ1n) is 11.5. The van der Waals surface area contributed by atoms with Gasteiger partial charge >= 0.3 is 5.69 Å². The van der Waals surface area contributed by atoms with Crippen molar-refractivity contribution in [2.24, 2.45) is 0 Å². The zero-order valence-corrected chi connectivity index (χ0v) is 19.7. The molecule has 0 radical (unpaired) electrons. The number of carbonyl (C=O) groups is 1. The number of H-pyrrole nitrogens is 1. The van der Waals surface area contributed by atoms with Crippen LogP contribution in [0.3, 0.4) is 0 Å². The number of nitro groups is 1. The molecule has 0 saturated carbocycles. The predicted molar refractivity (Wildman–Crippen MR) is 137 cm³/mol. The summed E-state index contributed by atoms with van der Waals surface area (Å²) in [5.74, 6) is -0.512. The second-order valence-electron chi connectivity index (χ2n) is 8.41. The van der Waals surface area contributed by atoms with Gasteiger partial charge in [-0.2, -0.15) is 0 Å². The zero-order chi connectivity index (χ0) is 25.8. The van der Waals surface area contributed by atoms with Gasteiger partial charge in [-0.15, -0.1) is 0 Å². The molecule has 0 aliphatic carbocycles. The van der Waals surface area contributed by atoms with E-state index in [2.05, 4.69) is 4.98 Å². The standard InChI is InChI=1S/C25H26N6O5/c1-2-3-12-29-23(26)22(24(33)27-25(29)34)30(15-17-7-5-4-6-8-17)21(32)16-28-13-11-18-14-19(31(35)36)9-10-20(18)28/h4-11,13-14H,2-3,12,15-16,26H2,1H3,(H,27,33,34). The van der Waals surface area contributed by atoms with E-state index in [1.54, 1.807) is 22.9 Å². The monoisotopic (exact) mass is 490 g/mol. The molecule has 4 rings (SSSR count). The molecule has 3 N–H and O–H groups in total. The van der Waals surface area contributed by atoms with Gasteiger partial charge in [-0.3, -0.25) is 34.2 Å². The van der Waals surface area contributed by atoms with Gasteiger partial charge in [0.1, 0.15) is 12.4 Å². The maximum Gasteiger partial charge on any atom is 0.330 e. The number of nitrogens with zero attached hydrogens (tertiary/aromatic N) is 4. The molecule has 0 atom stereocenters. The van der Waals surface area contributed by atoms with Crippen LogP contribution >= 0.6 is 0 Å². The number of anilines is 2. The maximum atomic E-state index is 13.7. The second-order valence-corrected chi connectivity index (χ2v) is 8.41. The summed E-state index contributed by atoms with van der Waals surface area (Å²) in [7, 11) is 0. The number of nitrogens with two attached hydrogens (primary N) is 1. The number of non-ortho nitro benzene ring substituents is 1. The molecular formula is C25H26N6O5. The lowest BCUT2D eigenvalue weighted by atomic mass is 10.2. The van der Waals surface area contributed by atoms with E-state index in [0.717, 1.165) is 12.0 Å². The van der Waals surface area contributed by atoms with Crippen LogP contribution < -0.4 is 21.9 Å². The van der Waals surface area contributed by atoms with Crippen molar-refractivity contribution in [1.82, 2.24) is 14.1 Å². The number of hydrogen-bond donors (Lipinski definition) is 2. The third-order valence-corrected chi connectivity index (χ3v) is 5.97. The smallest absolute Gasteiger partial charge is 0.330 e. The summed E-state index contributed by atoms with van der Waals surface area (Å²) in [5, 5.41) is 11.7. The van der Waals surface area contributed by atoms with Crippen molar-refractivity contribution in [3.63, 3.8) is 0 Å². The van der Waals surface area contributed by atoms with Crippen LogP contribution in [0.4, 0.5) is 17.2 Å². The predicted octanol–water partition coefficient (Wildman–Crippen LogP) is 3.02. The highest BCUT2D eigenvalue weighted by Gasteiger charge is 2.25. The average molecular weight is 491 g/mol. The summed E-state index contributed by atoms with van der Waals surface area (Å²) >= 11 is 0. The number of benzene rings is 2. The Morgan fingerprint density at radius 1 is 1.14 bits per heavy atom. The van der Waals surface area contributed by atoms with Crippen LogP contribution in [0.1, 0.15) is 25.3 Å². The number of carbonyl (C=O) groups excluding carboxylic acids is 1. The fourth-order valence-corrected chi connectivity index (χ4v) is 4.10. The first-order valence-corrected chi connectivity index (χ1v) is 11.5. The van der Waals surface area contributed by atoms with Crippen molar-refractivity contribution in [3.05, 3.63) is 97.3 Å². The molecule has 2 aromatic carbocycles. The van der Waals surface area contributed by atoms with Crippen LogP contribution in [0, 0.1) is 10.1 Å². The molecule has 0 spiro atoms. The molecule has 0 saturated heterocycles. The van der Waals surface area contributed by atoms with Gasteiger partial charge in [0.15, 0.2) is 5.69 Å². The SMILES string of the molecule is CCCCn1c(N)c(N(Cc2ccccc2)C(=O)Cn2ccc3cc([N+](=O)[O-])ccc32)c(=O)[nH]c1=O. The van der Waals surface area contributed by atoms with E-state index in [4.69, 9.17) is 5.73 Å². The number of aromatic nitrogens is 3. The molecule has 0 aliphatic heterocycles. The molecular weight excluding hydrogens is 464 g/mol. The zero-order valence-electron chi connectivity index (χ0n) is 19.7. The van der Waals surface area contributed by atoms with Gasteiger partial charge in [-0.05, 0) is 24.1 Å². The minimum Gasteiger partial charge on any atom is -0.383 e. The van der Waals surface area contributed by atoms with Crippen molar-refractivity contribution in [1.29, 1.82) is 0 Å². The fraction of sp³-hybridized carbons (Fsp3) is 0.240. The first-order chi connectivity index (χ1) is 17.3. The molecule has 0 aliphatic rings. The number of unbranched alkanes of at least 4 members (excludes halogenated alkanes) is 1. The number of nitro benzene ring substituents is 1. The number of hydrogen-bond acceptors (Lipinski definition) is 6. The number of amides is 1. The van der Waals surface area contributed by atoms with Crippen molar-refractivity contribution >= 4 is 34.0 Å². The van der Waals surface area contributed by atoms with Gasteiger partial charge in [0, 0.05) is 35.8 Å². The Bertz CT molecular complexity index is 1540. The van der Waals surface area contributed by atoms with Crippen LogP contribution in [0.2, 0.25) is 0 Å². The highest BCUT2D eigenvalue weighted by Crippen LogP contribution is 2.24. The molecule has 0 bridgehead atoms. The third-order valence-electron chi connectivity index (χ3n) is 5.97. The van der Waals surface area contributed by atoms with Crippen LogP contribution in [0.5, 0.6) is 0 Å². The first kappa shape index (κ1) is 24.5. The van der Waals surface area contributed by atoms with Gasteiger partial charge in [0.2, 0.25) is 5.91 Å². The highest BCUT2D eigenvalue weighted by atomic mass is 16.6. The number of fused-ring (bicyclic) bond motifs is 1. The van der Waals surface area contributed by atoms with Crippen molar-refractivity contribution in [2.45, 2.75) is 39.4 Å². The van der Waals surface area contributed by atoms with E-state index >= 15 is 0 Å². The Balaban J connectivity index is 1.76. The number of rotatable bonds is 9. The fourth-order valence-electron chi connectivity index (χ4n) is 4.10. The summed E-state index contributed by atoms with van der Waals surface area (Å²) in [6.45, 7) is 2.18. The Labute approximate surface area is 205 Å². The highest BCUT2D eigenvalue weighted by molar-refractivity contribution is 5.96. The summed E-state index contributed by atoms with van der Waals surface area (Å²) < 4.78 is 2.92. The van der Waals surface area contributed by atoms with Crippen LogP contribution in [-0.4, -0.2) is 24.9 Å². The van der Waals surface area contributed by atoms with E-state index in [9.17, 15) is 24.5 Å². The Morgan fingerprint density at radius 2 is 1.89 bits per heavy atom. The lowest BCUT2D eigenvalue weighted by Gasteiger charge is -2.25. The van der Waals surface area contributed by atoms with Crippen molar-refractivity contribution in [2.75, 3.05) is 10.6 Å². The van der Waals surface area contributed by atoms with Crippen LogP contribution in [0.15, 0.2) is 70.4 Å². The summed E-state index contributed by atoms with van der Waals surface area (Å²) in [6.07, 6.45) is 3.14. The maximum absolute atomic E-state index is 13.7. The number of nitrogen functional groups attached to an aromatic ring is 1. The largest absolute Gasteiger partial charge is 0.383 e. The van der Waals surface area contributed by atoms with Gasteiger partial charge in [0.25, 0.3) is 11.2 Å². The Kier molecular flexibility index (Phi) is 7.00. The lowest BCUT2D eigenvalue weighted by molar-refractivity contribution is -0.384. The molecule has 11 heteroatoms. The van der Waals surface area contributed by atoms with Gasteiger partial charge in [0.05, 0.1) is 11.5 Å². The van der Waals surface area contributed by atoms with Gasteiger partial charge < -0.3 is 10.3 Å². The Morgan fingerprint density at radius 3 is 2.58 bits per heavy atom. The summed E-state index contributed by atoms with van der Waals surface area (Å²) in [5.41, 5.74) is 6.19. The van der Waals surface area contributed by atoms with Crippen molar-refractivity contribution in [3.8, 4) is 0 Å². The van der Waals surface area contributed by atoms with E-state index in [-0.39, 0.29) is 30.3 Å². The number of aromatic amines is 1. The topological polar surface area (TPSA) is 149 Å². The van der Waals surface area contributed by atoms with Crippen molar-refractivity contribution < 1.29 is 9.72 Å². The summed E-state index contributed by atoms with van der Waals surface area (Å²) in [6, 6.07) is 15.2. The third kappa shape index (κ3) is 4.90. The average Bonchev–Trinajstić information content (AvgIpc) is 3.25. The minimum absolute atomic E-state index is 0.0501. The normalized spacial score (nSPS) is 11.0. The van der Waals surface area contributed by atoms with E-state index in [1.807, 2.05) is 37.3 Å². The van der Waals surface area contributed by atoms with E-state index in [0.29, 0.717) is 23.9 Å². The van der Waals surface area contributed by atoms with Crippen LogP contribution in [0.25, 0.3) is 10.9 Å². The lowest BCUT2D eigenvalue weighted by Crippen LogP contribution is -2.42. The van der Waals surface area contributed by atoms with Crippen LogP contribution in [-0.2, 0) is 24.4 Å². The minimum atomic E-state index is -0.748. The quantitative estimate of drug-likeness (QED) is 0.272. The molecule has 0 fully saturated rings. The molecule has 11 nitrogen and oxygen atoms in total. The molecule has 2 aromatic heterocycles. The van der Waals surface area contributed by atoms with Gasteiger partial charge in [-0.1, -0.05) is 43.7 Å². The molecule has 1 amide bonds. The molecule has 2 heterocycles. The molecule has 186 valence electrons. The number of nitrogens with one attached hydrogen (secondary N) is 1. The molecule has 4 aromatic rings. The van der Waals surface area contributed by atoms with E-state index in [1.165, 1.54) is 21.6 Å². The second kappa shape index (κ2) is 10.3.